The Balaban J connectivity index is 1.97. The summed E-state index contributed by atoms with van der Waals surface area (Å²) >= 11 is 0. The molecule has 1 N–H and O–H groups in total. The average molecular weight is 233 g/mol. The lowest BCUT2D eigenvalue weighted by Crippen LogP contribution is -2.57. The molecule has 2 fully saturated rings. The molecular weight excluding hydrogens is 218 g/mol. The Labute approximate surface area is 89.3 Å². The molecule has 1 atom stereocenters. The van der Waals surface area contributed by atoms with Gasteiger partial charge in [0.15, 0.2) is 0 Å². The van der Waals surface area contributed by atoms with Gasteiger partial charge in [0, 0.05) is 0 Å². The minimum Gasteiger partial charge on any atom is -0.273 e. The predicted octanol–water partition coefficient (Wildman–Crippen LogP) is 0.828. The molecule has 1 aliphatic heterocycles. The first-order chi connectivity index (χ1) is 7.00. The molecular formula is C9H15NO4S. The van der Waals surface area contributed by atoms with Crippen LogP contribution in [0.5, 0.6) is 0 Å². The fourth-order valence-electron chi connectivity index (χ4n) is 2.51. The molecule has 1 saturated carbocycles. The Hall–Kier alpha value is -0.620. The van der Waals surface area contributed by atoms with Crippen LogP contribution < -0.4 is 0 Å². The SMILES string of the molecule is O=C1C(C2CCCCC2)CN1S(=O)(=O)O. The number of carbonyl (C=O) groups is 1. The summed E-state index contributed by atoms with van der Waals surface area (Å²) in [6.07, 6.45) is 5.48. The van der Waals surface area contributed by atoms with E-state index in [0.29, 0.717) is 10.2 Å². The molecule has 0 radical (unpaired) electrons. The molecule has 1 saturated heterocycles. The Morgan fingerprint density at radius 2 is 1.80 bits per heavy atom. The maximum atomic E-state index is 11.5. The van der Waals surface area contributed by atoms with E-state index in [1.807, 2.05) is 0 Å². The lowest BCUT2D eigenvalue weighted by Gasteiger charge is -2.41. The Morgan fingerprint density at radius 1 is 1.20 bits per heavy atom. The summed E-state index contributed by atoms with van der Waals surface area (Å²) < 4.78 is 30.7. The highest BCUT2D eigenvalue weighted by Crippen LogP contribution is 2.36. The molecule has 0 bridgehead atoms. The molecule has 0 aromatic rings. The van der Waals surface area contributed by atoms with Gasteiger partial charge in [-0.05, 0) is 18.8 Å². The van der Waals surface area contributed by atoms with E-state index in [1.54, 1.807) is 0 Å². The molecule has 0 aromatic heterocycles. The Kier molecular flexibility index (Phi) is 2.72. The van der Waals surface area contributed by atoms with Crippen LogP contribution >= 0.6 is 0 Å². The number of carbonyl (C=O) groups excluding carboxylic acids is 1. The summed E-state index contributed by atoms with van der Waals surface area (Å²) in [5, 5.41) is 0. The molecule has 1 aliphatic carbocycles. The molecule has 2 rings (SSSR count). The number of hydrogen-bond donors (Lipinski definition) is 1. The molecule has 0 spiro atoms. The van der Waals surface area contributed by atoms with Crippen molar-refractivity contribution < 1.29 is 17.8 Å². The van der Waals surface area contributed by atoms with Crippen LogP contribution in [0.3, 0.4) is 0 Å². The summed E-state index contributed by atoms with van der Waals surface area (Å²) in [7, 11) is -4.30. The quantitative estimate of drug-likeness (QED) is 0.566. The van der Waals surface area contributed by atoms with E-state index in [2.05, 4.69) is 0 Å². The fourth-order valence-corrected chi connectivity index (χ4v) is 3.23. The van der Waals surface area contributed by atoms with Gasteiger partial charge in [-0.1, -0.05) is 19.3 Å². The van der Waals surface area contributed by atoms with Gasteiger partial charge < -0.3 is 0 Å². The molecule has 1 heterocycles. The molecule has 0 aromatic carbocycles. The average Bonchev–Trinajstić information content (AvgIpc) is 2.15. The first kappa shape index (κ1) is 10.9. The first-order valence-corrected chi connectivity index (χ1v) is 6.69. The van der Waals surface area contributed by atoms with Gasteiger partial charge in [-0.2, -0.15) is 8.42 Å². The highest BCUT2D eigenvalue weighted by molar-refractivity contribution is 7.84. The topological polar surface area (TPSA) is 74.7 Å². The largest absolute Gasteiger partial charge is 0.362 e. The lowest BCUT2D eigenvalue weighted by atomic mass is 9.77. The van der Waals surface area contributed by atoms with Gasteiger partial charge in [0.05, 0.1) is 12.5 Å². The summed E-state index contributed by atoms with van der Waals surface area (Å²) in [5.74, 6) is -0.277. The van der Waals surface area contributed by atoms with E-state index < -0.39 is 16.2 Å². The van der Waals surface area contributed by atoms with Crippen molar-refractivity contribution in [1.82, 2.24) is 4.31 Å². The van der Waals surface area contributed by atoms with Crippen molar-refractivity contribution in [3.63, 3.8) is 0 Å². The second kappa shape index (κ2) is 3.75. The zero-order chi connectivity index (χ0) is 11.1. The van der Waals surface area contributed by atoms with Crippen molar-refractivity contribution in [2.45, 2.75) is 32.1 Å². The van der Waals surface area contributed by atoms with Crippen LogP contribution in [0.2, 0.25) is 0 Å². The number of rotatable bonds is 2. The third-order valence-electron chi connectivity index (χ3n) is 3.42. The number of nitrogens with zero attached hydrogens (tertiary/aromatic N) is 1. The predicted molar refractivity (Wildman–Crippen MR) is 53.3 cm³/mol. The van der Waals surface area contributed by atoms with E-state index in [4.69, 9.17) is 4.55 Å². The second-order valence-electron chi connectivity index (χ2n) is 4.35. The van der Waals surface area contributed by atoms with E-state index in [-0.39, 0.29) is 12.5 Å². The van der Waals surface area contributed by atoms with Crippen molar-refractivity contribution in [2.75, 3.05) is 6.54 Å². The van der Waals surface area contributed by atoms with Crippen LogP contribution in [-0.2, 0) is 15.1 Å². The molecule has 1 unspecified atom stereocenters. The minimum absolute atomic E-state index is 0.169. The van der Waals surface area contributed by atoms with Crippen LogP contribution in [0.4, 0.5) is 0 Å². The molecule has 15 heavy (non-hydrogen) atoms. The lowest BCUT2D eigenvalue weighted by molar-refractivity contribution is -0.144. The molecule has 86 valence electrons. The van der Waals surface area contributed by atoms with Gasteiger partial charge in [0.25, 0.3) is 0 Å². The van der Waals surface area contributed by atoms with Crippen LogP contribution in [-0.4, -0.2) is 29.7 Å². The zero-order valence-corrected chi connectivity index (χ0v) is 9.24. The van der Waals surface area contributed by atoms with Gasteiger partial charge in [-0.3, -0.25) is 9.35 Å². The normalized spacial score (nSPS) is 29.0. The number of amides is 1. The van der Waals surface area contributed by atoms with Crippen molar-refractivity contribution >= 4 is 16.2 Å². The zero-order valence-electron chi connectivity index (χ0n) is 8.42. The van der Waals surface area contributed by atoms with Gasteiger partial charge >= 0.3 is 10.3 Å². The molecule has 5 nitrogen and oxygen atoms in total. The van der Waals surface area contributed by atoms with Crippen molar-refractivity contribution in [3.05, 3.63) is 0 Å². The van der Waals surface area contributed by atoms with E-state index in [0.717, 1.165) is 25.7 Å². The van der Waals surface area contributed by atoms with Gasteiger partial charge in [0.2, 0.25) is 5.91 Å². The Bertz CT molecular complexity index is 358. The van der Waals surface area contributed by atoms with E-state index in [1.165, 1.54) is 6.42 Å². The highest BCUT2D eigenvalue weighted by atomic mass is 32.2. The van der Waals surface area contributed by atoms with Gasteiger partial charge in [-0.15, -0.1) is 0 Å². The van der Waals surface area contributed by atoms with Crippen LogP contribution in [0, 0.1) is 11.8 Å². The Morgan fingerprint density at radius 3 is 2.27 bits per heavy atom. The number of β-lactam (4-membered cyclic amide) rings is 1. The maximum Gasteiger partial charge on any atom is 0.362 e. The summed E-state index contributed by atoms with van der Waals surface area (Å²) in [4.78, 5) is 11.5. The standard InChI is InChI=1S/C9H15NO4S/c11-9-8(6-10(9)15(12,13)14)7-4-2-1-3-5-7/h7-8H,1-6H2,(H,12,13,14). The fraction of sp³-hybridized carbons (Fsp3) is 0.889. The van der Waals surface area contributed by atoms with Crippen LogP contribution in [0.1, 0.15) is 32.1 Å². The van der Waals surface area contributed by atoms with E-state index >= 15 is 0 Å². The smallest absolute Gasteiger partial charge is 0.273 e. The molecule has 1 amide bonds. The van der Waals surface area contributed by atoms with Crippen LogP contribution in [0.25, 0.3) is 0 Å². The van der Waals surface area contributed by atoms with Crippen molar-refractivity contribution in [1.29, 1.82) is 0 Å². The van der Waals surface area contributed by atoms with Crippen LogP contribution in [0.15, 0.2) is 0 Å². The van der Waals surface area contributed by atoms with Crippen molar-refractivity contribution in [2.24, 2.45) is 11.8 Å². The van der Waals surface area contributed by atoms with Gasteiger partial charge in [-0.25, -0.2) is 4.31 Å². The minimum atomic E-state index is -4.30. The maximum absolute atomic E-state index is 11.5. The van der Waals surface area contributed by atoms with Gasteiger partial charge in [0.1, 0.15) is 0 Å². The third kappa shape index (κ3) is 2.01. The third-order valence-corrected chi connectivity index (χ3v) is 4.31. The second-order valence-corrected chi connectivity index (χ2v) is 5.69. The summed E-state index contributed by atoms with van der Waals surface area (Å²) in [6.45, 7) is 0.169. The molecule has 6 heteroatoms. The van der Waals surface area contributed by atoms with Crippen molar-refractivity contribution in [3.8, 4) is 0 Å². The first-order valence-electron chi connectivity index (χ1n) is 5.29. The highest BCUT2D eigenvalue weighted by Gasteiger charge is 2.47. The number of hydrogen-bond acceptors (Lipinski definition) is 3. The monoisotopic (exact) mass is 233 g/mol. The molecule has 2 aliphatic rings. The van der Waals surface area contributed by atoms with E-state index in [9.17, 15) is 13.2 Å². The summed E-state index contributed by atoms with van der Waals surface area (Å²) in [6, 6.07) is 0. The summed E-state index contributed by atoms with van der Waals surface area (Å²) in [5.41, 5.74) is 0.